The smallest absolute Gasteiger partial charge is 0.255 e. The Bertz CT molecular complexity index is 1330. The summed E-state index contributed by atoms with van der Waals surface area (Å²) in [6.45, 7) is 6.07. The lowest BCUT2D eigenvalue weighted by Gasteiger charge is -2.18. The molecule has 0 bridgehead atoms. The number of benzene rings is 4. The van der Waals surface area contributed by atoms with Crippen LogP contribution in [0.1, 0.15) is 37.9 Å². The molecule has 4 aromatic rings. The Morgan fingerprint density at radius 2 is 1.40 bits per heavy atom. The molecule has 176 valence electrons. The zero-order chi connectivity index (χ0) is 24.8. The van der Waals surface area contributed by atoms with Gasteiger partial charge < -0.3 is 10.6 Å². The lowest BCUT2D eigenvalue weighted by molar-refractivity contribution is -0.115. The Kier molecular flexibility index (Phi) is 7.68. The Hall–Kier alpha value is -3.83. The van der Waals surface area contributed by atoms with Crippen molar-refractivity contribution < 1.29 is 9.59 Å². The number of hydrogen-bond acceptors (Lipinski definition) is 3. The summed E-state index contributed by atoms with van der Waals surface area (Å²) in [5.41, 5.74) is 6.38. The van der Waals surface area contributed by atoms with Gasteiger partial charge in [-0.15, -0.1) is 11.8 Å². The topological polar surface area (TPSA) is 58.2 Å². The Morgan fingerprint density at radius 1 is 0.686 bits per heavy atom. The summed E-state index contributed by atoms with van der Waals surface area (Å²) in [4.78, 5) is 26.9. The second-order valence-electron chi connectivity index (χ2n) is 8.54. The molecule has 0 spiro atoms. The lowest BCUT2D eigenvalue weighted by Crippen LogP contribution is -2.19. The number of anilines is 2. The van der Waals surface area contributed by atoms with Gasteiger partial charge in [0.2, 0.25) is 5.91 Å². The van der Waals surface area contributed by atoms with Crippen molar-refractivity contribution in [2.75, 3.05) is 10.6 Å². The zero-order valence-corrected chi connectivity index (χ0v) is 20.9. The number of carbonyl (C=O) groups excluding carboxylic acids is 2. The maximum absolute atomic E-state index is 13.4. The van der Waals surface area contributed by atoms with Crippen molar-refractivity contribution in [3.05, 3.63) is 125 Å². The summed E-state index contributed by atoms with van der Waals surface area (Å²) in [6, 6.07) is 30.7. The molecule has 2 N–H and O–H groups in total. The molecule has 0 fully saturated rings. The Morgan fingerprint density at radius 3 is 2.11 bits per heavy atom. The predicted octanol–water partition coefficient (Wildman–Crippen LogP) is 7.34. The van der Waals surface area contributed by atoms with Crippen molar-refractivity contribution in [1.82, 2.24) is 0 Å². The fourth-order valence-electron chi connectivity index (χ4n) is 3.62. The standard InChI is InChI=1S/C30H28N2O2S/c1-20-12-15-24(16-13-20)29(33)31-25-10-7-11-27(19-25)35-28(23-8-5-4-6-9-23)30(34)32-26-17-14-21(2)22(3)18-26/h4-19,28H,1-3H3,(H,31,33)(H,32,34). The molecular weight excluding hydrogens is 452 g/mol. The second kappa shape index (κ2) is 11.1. The van der Waals surface area contributed by atoms with Crippen LogP contribution in [0.4, 0.5) is 11.4 Å². The molecule has 35 heavy (non-hydrogen) atoms. The van der Waals surface area contributed by atoms with E-state index in [4.69, 9.17) is 0 Å². The fourth-order valence-corrected chi connectivity index (χ4v) is 4.70. The van der Waals surface area contributed by atoms with Gasteiger partial charge >= 0.3 is 0 Å². The minimum absolute atomic E-state index is 0.0986. The number of nitrogens with one attached hydrogen (secondary N) is 2. The zero-order valence-electron chi connectivity index (χ0n) is 20.0. The van der Waals surface area contributed by atoms with Gasteiger partial charge in [-0.25, -0.2) is 0 Å². The summed E-state index contributed by atoms with van der Waals surface area (Å²) >= 11 is 1.45. The maximum Gasteiger partial charge on any atom is 0.255 e. The first kappa shape index (κ1) is 24.3. The molecule has 4 aromatic carbocycles. The molecule has 2 amide bonds. The highest BCUT2D eigenvalue weighted by Gasteiger charge is 2.22. The van der Waals surface area contributed by atoms with Gasteiger partial charge in [-0.05, 0) is 79.9 Å². The highest BCUT2D eigenvalue weighted by molar-refractivity contribution is 8.00. The van der Waals surface area contributed by atoms with E-state index in [0.29, 0.717) is 11.3 Å². The molecule has 0 saturated heterocycles. The van der Waals surface area contributed by atoms with Crippen LogP contribution in [0, 0.1) is 20.8 Å². The average molecular weight is 481 g/mol. The normalized spacial score (nSPS) is 11.5. The van der Waals surface area contributed by atoms with Gasteiger partial charge in [-0.1, -0.05) is 60.2 Å². The number of carbonyl (C=O) groups is 2. The van der Waals surface area contributed by atoms with E-state index < -0.39 is 5.25 Å². The number of aryl methyl sites for hydroxylation is 3. The molecule has 0 saturated carbocycles. The van der Waals surface area contributed by atoms with Gasteiger partial charge in [0.1, 0.15) is 5.25 Å². The van der Waals surface area contributed by atoms with E-state index in [0.717, 1.165) is 27.3 Å². The van der Waals surface area contributed by atoms with Crippen molar-refractivity contribution in [3.63, 3.8) is 0 Å². The number of amides is 2. The van der Waals surface area contributed by atoms with Crippen LogP contribution in [0.15, 0.2) is 102 Å². The van der Waals surface area contributed by atoms with Crippen LogP contribution in [0.3, 0.4) is 0 Å². The van der Waals surface area contributed by atoms with Crippen molar-refractivity contribution >= 4 is 35.0 Å². The van der Waals surface area contributed by atoms with Crippen LogP contribution < -0.4 is 10.6 Å². The second-order valence-corrected chi connectivity index (χ2v) is 9.72. The highest BCUT2D eigenvalue weighted by Crippen LogP contribution is 2.37. The van der Waals surface area contributed by atoms with Crippen LogP contribution in [0.2, 0.25) is 0 Å². The molecule has 0 aliphatic heterocycles. The molecule has 1 unspecified atom stereocenters. The number of rotatable bonds is 7. The first-order valence-electron chi connectivity index (χ1n) is 11.5. The van der Waals surface area contributed by atoms with Crippen molar-refractivity contribution in [1.29, 1.82) is 0 Å². The Balaban J connectivity index is 1.54. The van der Waals surface area contributed by atoms with Gasteiger partial charge in [-0.3, -0.25) is 9.59 Å². The highest BCUT2D eigenvalue weighted by atomic mass is 32.2. The first-order chi connectivity index (χ1) is 16.9. The third-order valence-electron chi connectivity index (χ3n) is 5.77. The van der Waals surface area contributed by atoms with Crippen LogP contribution in [0.5, 0.6) is 0 Å². The predicted molar refractivity (Wildman–Crippen MR) is 145 cm³/mol. The molecule has 5 heteroatoms. The van der Waals surface area contributed by atoms with Crippen LogP contribution in [-0.4, -0.2) is 11.8 Å². The van der Waals surface area contributed by atoms with Gasteiger partial charge in [-0.2, -0.15) is 0 Å². The van der Waals surface area contributed by atoms with Crippen molar-refractivity contribution in [3.8, 4) is 0 Å². The summed E-state index contributed by atoms with van der Waals surface area (Å²) in [7, 11) is 0. The molecule has 0 aliphatic rings. The van der Waals surface area contributed by atoms with Crippen LogP contribution >= 0.6 is 11.8 Å². The van der Waals surface area contributed by atoms with Gasteiger partial charge in [0.25, 0.3) is 5.91 Å². The first-order valence-corrected chi connectivity index (χ1v) is 12.3. The fraction of sp³-hybridized carbons (Fsp3) is 0.133. The SMILES string of the molecule is Cc1ccc(C(=O)Nc2cccc(SC(C(=O)Nc3ccc(C)c(C)c3)c3ccccc3)c2)cc1. The van der Waals surface area contributed by atoms with Gasteiger partial charge in [0, 0.05) is 21.8 Å². The van der Waals surface area contributed by atoms with Crippen molar-refractivity contribution in [2.45, 2.75) is 30.9 Å². The quantitative estimate of drug-likeness (QED) is 0.272. The molecule has 0 heterocycles. The Labute approximate surface area is 210 Å². The van der Waals surface area contributed by atoms with E-state index in [1.807, 2.05) is 118 Å². The summed E-state index contributed by atoms with van der Waals surface area (Å²) in [6.07, 6.45) is 0. The van der Waals surface area contributed by atoms with Crippen LogP contribution in [-0.2, 0) is 4.79 Å². The lowest BCUT2D eigenvalue weighted by atomic mass is 10.1. The van der Waals surface area contributed by atoms with Gasteiger partial charge in [0.05, 0.1) is 0 Å². The van der Waals surface area contributed by atoms with E-state index in [-0.39, 0.29) is 11.8 Å². The molecule has 0 radical (unpaired) electrons. The average Bonchev–Trinajstić information content (AvgIpc) is 2.86. The summed E-state index contributed by atoms with van der Waals surface area (Å²) in [5.74, 6) is -0.266. The number of thioether (sulfide) groups is 1. The number of hydrogen-bond donors (Lipinski definition) is 2. The minimum Gasteiger partial charge on any atom is -0.325 e. The van der Waals surface area contributed by atoms with E-state index >= 15 is 0 Å². The molecule has 4 rings (SSSR count). The van der Waals surface area contributed by atoms with Crippen molar-refractivity contribution in [2.24, 2.45) is 0 Å². The monoisotopic (exact) mass is 480 g/mol. The van der Waals surface area contributed by atoms with E-state index in [1.165, 1.54) is 17.3 Å². The maximum atomic E-state index is 13.4. The molecule has 0 aromatic heterocycles. The summed E-state index contributed by atoms with van der Waals surface area (Å²) in [5, 5.41) is 5.57. The molecule has 1 atom stereocenters. The third kappa shape index (κ3) is 6.40. The largest absolute Gasteiger partial charge is 0.325 e. The molecular formula is C30H28N2O2S. The summed E-state index contributed by atoms with van der Waals surface area (Å²) < 4.78 is 0. The molecule has 0 aliphatic carbocycles. The van der Waals surface area contributed by atoms with Crippen LogP contribution in [0.25, 0.3) is 0 Å². The van der Waals surface area contributed by atoms with E-state index in [1.54, 1.807) is 0 Å². The minimum atomic E-state index is -0.458. The van der Waals surface area contributed by atoms with E-state index in [2.05, 4.69) is 10.6 Å². The third-order valence-corrected chi connectivity index (χ3v) is 7.02. The van der Waals surface area contributed by atoms with Gasteiger partial charge in [0.15, 0.2) is 0 Å². The van der Waals surface area contributed by atoms with E-state index in [9.17, 15) is 9.59 Å². The molecule has 4 nitrogen and oxygen atoms in total.